The van der Waals surface area contributed by atoms with Crippen LogP contribution in [0.3, 0.4) is 0 Å². The number of aryl methyl sites for hydroxylation is 2. The maximum Gasteiger partial charge on any atom is 0.244 e. The van der Waals surface area contributed by atoms with Gasteiger partial charge in [0, 0.05) is 0 Å². The van der Waals surface area contributed by atoms with Gasteiger partial charge < -0.3 is 5.32 Å². The first kappa shape index (κ1) is 21.9. The lowest BCUT2D eigenvalue weighted by Gasteiger charge is -2.31. The molecule has 7 heteroatoms. The van der Waals surface area contributed by atoms with Gasteiger partial charge in [-0.05, 0) is 50.5 Å². The number of nitrogens with one attached hydrogen (secondary N) is 1. The van der Waals surface area contributed by atoms with Crippen molar-refractivity contribution in [2.24, 2.45) is 0 Å². The number of amides is 1. The Bertz CT molecular complexity index is 960. The third-order valence-corrected chi connectivity index (χ3v) is 5.84. The van der Waals surface area contributed by atoms with Gasteiger partial charge in [-0.15, -0.1) is 0 Å². The van der Waals surface area contributed by atoms with Gasteiger partial charge in [0.15, 0.2) is 0 Å². The summed E-state index contributed by atoms with van der Waals surface area (Å²) in [6.45, 7) is 7.50. The number of rotatable bonds is 7. The van der Waals surface area contributed by atoms with Crippen LogP contribution in [-0.4, -0.2) is 26.6 Å². The molecule has 2 atom stereocenters. The van der Waals surface area contributed by atoms with E-state index in [1.54, 1.807) is 13.0 Å². The number of para-hydroxylation sites is 1. The lowest BCUT2D eigenvalue weighted by Crippen LogP contribution is -2.50. The van der Waals surface area contributed by atoms with Gasteiger partial charge in [0.2, 0.25) is 15.9 Å². The Morgan fingerprint density at radius 3 is 2.36 bits per heavy atom. The fraction of sp³-hybridized carbons (Fsp3) is 0.381. The summed E-state index contributed by atoms with van der Waals surface area (Å²) in [7, 11) is -3.88. The largest absolute Gasteiger partial charge is 0.348 e. The van der Waals surface area contributed by atoms with Crippen LogP contribution >= 0.6 is 0 Å². The van der Waals surface area contributed by atoms with Crippen LogP contribution in [0, 0.1) is 19.7 Å². The number of benzene rings is 2. The van der Waals surface area contributed by atoms with Crippen molar-refractivity contribution in [1.82, 2.24) is 5.32 Å². The Labute approximate surface area is 166 Å². The zero-order valence-corrected chi connectivity index (χ0v) is 17.7. The first-order valence-corrected chi connectivity index (χ1v) is 11.0. The normalized spacial score (nSPS) is 13.6. The predicted octanol–water partition coefficient (Wildman–Crippen LogP) is 3.86. The molecule has 0 aliphatic heterocycles. The van der Waals surface area contributed by atoms with E-state index < -0.39 is 27.8 Å². The zero-order chi connectivity index (χ0) is 21.1. The fourth-order valence-electron chi connectivity index (χ4n) is 3.36. The Hall–Kier alpha value is -2.41. The number of anilines is 1. The van der Waals surface area contributed by atoms with E-state index in [9.17, 15) is 17.6 Å². The standard InChI is InChI=1S/C21H27FN2O3S/c1-6-19(24(28(5,26)27)20-10-8-7-9-18(20)22)21(25)23-16(4)17-12-11-14(2)13-15(17)3/h7-13,16,19H,6H2,1-5H3,(H,23,25)/t16-,19-/m1/s1. The summed E-state index contributed by atoms with van der Waals surface area (Å²) in [5.41, 5.74) is 2.97. The molecule has 0 heterocycles. The number of carbonyl (C=O) groups excluding carboxylic acids is 1. The van der Waals surface area contributed by atoms with Gasteiger partial charge in [0.1, 0.15) is 11.9 Å². The maximum atomic E-state index is 14.3. The van der Waals surface area contributed by atoms with Crippen molar-refractivity contribution in [3.05, 3.63) is 65.0 Å². The smallest absolute Gasteiger partial charge is 0.244 e. The maximum absolute atomic E-state index is 14.3. The van der Waals surface area contributed by atoms with E-state index in [4.69, 9.17) is 0 Å². The lowest BCUT2D eigenvalue weighted by molar-refractivity contribution is -0.122. The Kier molecular flexibility index (Phi) is 6.82. The van der Waals surface area contributed by atoms with E-state index >= 15 is 0 Å². The zero-order valence-electron chi connectivity index (χ0n) is 16.9. The van der Waals surface area contributed by atoms with Crippen LogP contribution in [0.5, 0.6) is 0 Å². The molecule has 0 aliphatic rings. The Balaban J connectivity index is 2.35. The number of nitrogens with zero attached hydrogens (tertiary/aromatic N) is 1. The molecule has 152 valence electrons. The molecule has 0 saturated carbocycles. The van der Waals surface area contributed by atoms with Crippen molar-refractivity contribution in [2.45, 2.75) is 46.2 Å². The number of hydrogen-bond acceptors (Lipinski definition) is 3. The SMILES string of the molecule is CC[C@H](C(=O)N[C@H](C)c1ccc(C)cc1C)N(c1ccccc1F)S(C)(=O)=O. The van der Waals surface area contributed by atoms with Crippen molar-refractivity contribution in [2.75, 3.05) is 10.6 Å². The molecule has 5 nitrogen and oxygen atoms in total. The van der Waals surface area contributed by atoms with E-state index in [1.807, 2.05) is 39.0 Å². The second-order valence-corrected chi connectivity index (χ2v) is 8.88. The monoisotopic (exact) mass is 406 g/mol. The molecule has 0 unspecified atom stereocenters. The highest BCUT2D eigenvalue weighted by Gasteiger charge is 2.33. The minimum atomic E-state index is -3.88. The molecule has 2 aromatic rings. The molecule has 1 N–H and O–H groups in total. The molecule has 28 heavy (non-hydrogen) atoms. The van der Waals surface area contributed by atoms with Crippen LogP contribution in [-0.2, 0) is 14.8 Å². The minimum absolute atomic E-state index is 0.133. The molecule has 0 aliphatic carbocycles. The molecular formula is C21H27FN2O3S. The third kappa shape index (κ3) is 4.90. The van der Waals surface area contributed by atoms with Crippen LogP contribution in [0.1, 0.15) is 43.0 Å². The molecule has 0 radical (unpaired) electrons. The highest BCUT2D eigenvalue weighted by Crippen LogP contribution is 2.26. The average molecular weight is 407 g/mol. The lowest BCUT2D eigenvalue weighted by atomic mass is 10.00. The van der Waals surface area contributed by atoms with Crippen molar-refractivity contribution in [3.63, 3.8) is 0 Å². The summed E-state index contributed by atoms with van der Waals surface area (Å²) in [6.07, 6.45) is 1.18. The molecule has 0 bridgehead atoms. The molecular weight excluding hydrogens is 379 g/mol. The van der Waals surface area contributed by atoms with Gasteiger partial charge in [-0.25, -0.2) is 12.8 Å². The summed E-state index contributed by atoms with van der Waals surface area (Å²) >= 11 is 0. The summed E-state index contributed by atoms with van der Waals surface area (Å²) in [6, 6.07) is 10.1. The average Bonchev–Trinajstić information content (AvgIpc) is 2.59. The van der Waals surface area contributed by atoms with Gasteiger partial charge in [-0.3, -0.25) is 9.10 Å². The van der Waals surface area contributed by atoms with E-state index in [1.165, 1.54) is 18.2 Å². The van der Waals surface area contributed by atoms with Crippen molar-refractivity contribution >= 4 is 21.6 Å². The Morgan fingerprint density at radius 1 is 1.18 bits per heavy atom. The summed E-state index contributed by atoms with van der Waals surface area (Å²) in [5.74, 6) is -1.16. The first-order valence-electron chi connectivity index (χ1n) is 9.17. The molecule has 0 fully saturated rings. The Morgan fingerprint density at radius 2 is 1.82 bits per heavy atom. The predicted molar refractivity (Wildman–Crippen MR) is 110 cm³/mol. The van der Waals surface area contributed by atoms with Crippen LogP contribution in [0.15, 0.2) is 42.5 Å². The molecule has 2 rings (SSSR count). The number of sulfonamides is 1. The first-order chi connectivity index (χ1) is 13.1. The van der Waals surface area contributed by atoms with Crippen LogP contribution in [0.4, 0.5) is 10.1 Å². The highest BCUT2D eigenvalue weighted by molar-refractivity contribution is 7.92. The van der Waals surface area contributed by atoms with Gasteiger partial charge >= 0.3 is 0 Å². The third-order valence-electron chi connectivity index (χ3n) is 4.67. The summed E-state index contributed by atoms with van der Waals surface area (Å²) < 4.78 is 40.0. The van der Waals surface area contributed by atoms with Crippen molar-refractivity contribution in [3.8, 4) is 0 Å². The minimum Gasteiger partial charge on any atom is -0.348 e. The molecule has 0 saturated heterocycles. The van der Waals surface area contributed by atoms with Crippen LogP contribution < -0.4 is 9.62 Å². The van der Waals surface area contributed by atoms with Crippen molar-refractivity contribution < 1.29 is 17.6 Å². The number of hydrogen-bond donors (Lipinski definition) is 1. The van der Waals surface area contributed by atoms with E-state index in [0.29, 0.717) is 0 Å². The van der Waals surface area contributed by atoms with Gasteiger partial charge in [-0.1, -0.05) is 42.8 Å². The molecule has 2 aromatic carbocycles. The summed E-state index contributed by atoms with van der Waals surface area (Å²) in [4.78, 5) is 13.0. The van der Waals surface area contributed by atoms with E-state index in [-0.39, 0.29) is 18.2 Å². The number of halogens is 1. The van der Waals surface area contributed by atoms with Gasteiger partial charge in [0.25, 0.3) is 0 Å². The molecule has 1 amide bonds. The number of carbonyl (C=O) groups is 1. The van der Waals surface area contributed by atoms with Crippen LogP contribution in [0.25, 0.3) is 0 Å². The molecule has 0 aromatic heterocycles. The highest BCUT2D eigenvalue weighted by atomic mass is 32.2. The van der Waals surface area contributed by atoms with Crippen molar-refractivity contribution in [1.29, 1.82) is 0 Å². The van der Waals surface area contributed by atoms with Crippen LogP contribution in [0.2, 0.25) is 0 Å². The molecule has 0 spiro atoms. The van der Waals surface area contributed by atoms with Gasteiger partial charge in [0.05, 0.1) is 18.0 Å². The second kappa shape index (κ2) is 8.73. The van der Waals surface area contributed by atoms with E-state index in [0.717, 1.165) is 27.3 Å². The van der Waals surface area contributed by atoms with Gasteiger partial charge in [-0.2, -0.15) is 0 Å². The summed E-state index contributed by atoms with van der Waals surface area (Å²) in [5, 5.41) is 2.88. The second-order valence-electron chi connectivity index (χ2n) is 7.02. The fourth-order valence-corrected chi connectivity index (χ4v) is 4.58. The van der Waals surface area contributed by atoms with E-state index in [2.05, 4.69) is 5.32 Å². The topological polar surface area (TPSA) is 66.5 Å². The quantitative estimate of drug-likeness (QED) is 0.759.